The number of halogens is 1. The van der Waals surface area contributed by atoms with Crippen LogP contribution in [0.3, 0.4) is 0 Å². The molecular weight excluding hydrogens is 391 g/mol. The quantitative estimate of drug-likeness (QED) is 0.607. The Labute approximate surface area is 131 Å². The van der Waals surface area contributed by atoms with E-state index in [1.165, 1.54) is 25.2 Å². The second-order valence-corrected chi connectivity index (χ2v) is 7.10. The highest BCUT2D eigenvalue weighted by Crippen LogP contribution is 2.30. The van der Waals surface area contributed by atoms with Crippen LogP contribution < -0.4 is 15.2 Å². The first-order valence-corrected chi connectivity index (χ1v) is 8.25. The zero-order valence-corrected chi connectivity index (χ0v) is 13.6. The van der Waals surface area contributed by atoms with Crippen molar-refractivity contribution in [3.05, 3.63) is 46.0 Å². The summed E-state index contributed by atoms with van der Waals surface area (Å²) in [6.07, 6.45) is 0. The third-order valence-electron chi connectivity index (χ3n) is 2.61. The van der Waals surface area contributed by atoms with Crippen LogP contribution in [0.1, 0.15) is 0 Å². The molecule has 0 aliphatic carbocycles. The molecule has 0 aliphatic heterocycles. The first-order chi connectivity index (χ1) is 9.42. The molecule has 0 saturated carbocycles. The Balaban J connectivity index is 2.36. The summed E-state index contributed by atoms with van der Waals surface area (Å²) in [5, 5.41) is 0. The van der Waals surface area contributed by atoms with Gasteiger partial charge in [0, 0.05) is 9.64 Å². The lowest BCUT2D eigenvalue weighted by atomic mass is 10.3. The third-order valence-corrected chi connectivity index (χ3v) is 4.74. The highest BCUT2D eigenvalue weighted by Gasteiger charge is 2.14. The summed E-state index contributed by atoms with van der Waals surface area (Å²) in [6, 6.07) is 11.7. The van der Waals surface area contributed by atoms with Crippen LogP contribution in [0.25, 0.3) is 0 Å². The van der Waals surface area contributed by atoms with Crippen molar-refractivity contribution < 1.29 is 13.2 Å². The van der Waals surface area contributed by atoms with Gasteiger partial charge in [-0.3, -0.25) is 0 Å². The van der Waals surface area contributed by atoms with Crippen molar-refractivity contribution in [1.29, 1.82) is 0 Å². The van der Waals surface area contributed by atoms with Crippen LogP contribution in [0, 0.1) is 3.57 Å². The molecule has 0 amide bonds. The van der Waals surface area contributed by atoms with Crippen molar-refractivity contribution in [2.45, 2.75) is 4.90 Å². The molecule has 0 bridgehead atoms. The van der Waals surface area contributed by atoms with E-state index in [0.29, 0.717) is 17.2 Å². The Morgan fingerprint density at radius 3 is 2.40 bits per heavy atom. The van der Waals surface area contributed by atoms with Gasteiger partial charge in [0.2, 0.25) is 10.0 Å². The van der Waals surface area contributed by atoms with Crippen molar-refractivity contribution in [2.24, 2.45) is 0 Å². The molecule has 5 nitrogen and oxygen atoms in total. The molecule has 0 aromatic heterocycles. The van der Waals surface area contributed by atoms with Crippen LogP contribution in [0.4, 0.5) is 5.69 Å². The molecule has 0 fully saturated rings. The Hall–Kier alpha value is -1.32. The van der Waals surface area contributed by atoms with Crippen molar-refractivity contribution >= 4 is 38.3 Å². The zero-order chi connectivity index (χ0) is 14.8. The van der Waals surface area contributed by atoms with Crippen LogP contribution in [0.15, 0.2) is 47.4 Å². The molecule has 0 atom stereocenters. The van der Waals surface area contributed by atoms with Gasteiger partial charge >= 0.3 is 0 Å². The van der Waals surface area contributed by atoms with Gasteiger partial charge < -0.3 is 10.5 Å². The van der Waals surface area contributed by atoms with E-state index < -0.39 is 10.0 Å². The average molecular weight is 404 g/mol. The minimum Gasteiger partial charge on any atom is -0.455 e. The molecular formula is C13H13IN2O3S. The van der Waals surface area contributed by atoms with Gasteiger partial charge in [-0.1, -0.05) is 0 Å². The maximum atomic E-state index is 11.8. The highest BCUT2D eigenvalue weighted by molar-refractivity contribution is 14.1. The number of rotatable bonds is 4. The van der Waals surface area contributed by atoms with Crippen LogP contribution in [-0.2, 0) is 10.0 Å². The first kappa shape index (κ1) is 15.1. The first-order valence-electron chi connectivity index (χ1n) is 5.69. The predicted molar refractivity (Wildman–Crippen MR) is 86.3 cm³/mol. The summed E-state index contributed by atoms with van der Waals surface area (Å²) < 4.78 is 32.5. The largest absolute Gasteiger partial charge is 0.455 e. The number of hydrogen-bond donors (Lipinski definition) is 2. The number of sulfonamides is 1. The standard InChI is InChI=1S/C13H13IN2O3S/c1-16-20(17,18)11-6-7-12(15)13(8-11)19-10-4-2-9(14)3-5-10/h2-8,16H,15H2,1H3. The van der Waals surface area contributed by atoms with Crippen LogP contribution in [0.2, 0.25) is 0 Å². The average Bonchev–Trinajstić information content (AvgIpc) is 2.43. The summed E-state index contributed by atoms with van der Waals surface area (Å²) in [6.45, 7) is 0. The number of hydrogen-bond acceptors (Lipinski definition) is 4. The number of nitrogens with one attached hydrogen (secondary N) is 1. The molecule has 0 saturated heterocycles. The van der Waals surface area contributed by atoms with Crippen LogP contribution in [-0.4, -0.2) is 15.5 Å². The predicted octanol–water partition coefficient (Wildman–Crippen LogP) is 2.57. The van der Waals surface area contributed by atoms with Crippen LogP contribution >= 0.6 is 22.6 Å². The lowest BCUT2D eigenvalue weighted by Crippen LogP contribution is -2.18. The van der Waals surface area contributed by atoms with Crippen LogP contribution in [0.5, 0.6) is 11.5 Å². The molecule has 7 heteroatoms. The second kappa shape index (κ2) is 5.98. The lowest BCUT2D eigenvalue weighted by molar-refractivity contribution is 0.483. The number of nitrogens with two attached hydrogens (primary N) is 1. The molecule has 20 heavy (non-hydrogen) atoms. The SMILES string of the molecule is CNS(=O)(=O)c1ccc(N)c(Oc2ccc(I)cc2)c1. The van der Waals surface area contributed by atoms with E-state index in [1.807, 2.05) is 12.1 Å². The zero-order valence-electron chi connectivity index (χ0n) is 10.6. The number of ether oxygens (including phenoxy) is 1. The number of anilines is 1. The smallest absolute Gasteiger partial charge is 0.240 e. The molecule has 0 unspecified atom stereocenters. The van der Waals surface area contributed by atoms with Gasteiger partial charge in [-0.05, 0) is 66.0 Å². The molecule has 3 N–H and O–H groups in total. The lowest BCUT2D eigenvalue weighted by Gasteiger charge is -2.10. The fourth-order valence-corrected chi connectivity index (χ4v) is 2.62. The maximum Gasteiger partial charge on any atom is 0.240 e. The monoisotopic (exact) mass is 404 g/mol. The molecule has 0 radical (unpaired) electrons. The summed E-state index contributed by atoms with van der Waals surface area (Å²) >= 11 is 2.19. The van der Waals surface area contributed by atoms with Gasteiger partial charge in [-0.15, -0.1) is 0 Å². The molecule has 0 aliphatic rings. The molecule has 2 rings (SSSR count). The van der Waals surface area contributed by atoms with Gasteiger partial charge in [0.1, 0.15) is 5.75 Å². The minimum atomic E-state index is -3.52. The number of benzene rings is 2. The van der Waals surface area contributed by atoms with E-state index in [4.69, 9.17) is 10.5 Å². The van der Waals surface area contributed by atoms with Gasteiger partial charge in [0.15, 0.2) is 5.75 Å². The minimum absolute atomic E-state index is 0.106. The van der Waals surface area contributed by atoms with Crippen molar-refractivity contribution in [1.82, 2.24) is 4.72 Å². The van der Waals surface area contributed by atoms with E-state index in [2.05, 4.69) is 27.3 Å². The summed E-state index contributed by atoms with van der Waals surface area (Å²) in [7, 11) is -2.17. The van der Waals surface area contributed by atoms with E-state index in [1.54, 1.807) is 12.1 Å². The van der Waals surface area contributed by atoms with E-state index in [9.17, 15) is 8.42 Å². The Bertz CT molecular complexity index is 715. The molecule has 0 spiro atoms. The van der Waals surface area contributed by atoms with Gasteiger partial charge in [0.25, 0.3) is 0 Å². The maximum absolute atomic E-state index is 11.8. The Kier molecular flexibility index (Phi) is 4.51. The summed E-state index contributed by atoms with van der Waals surface area (Å²) in [5.41, 5.74) is 6.18. The topological polar surface area (TPSA) is 81.4 Å². The van der Waals surface area contributed by atoms with Crippen molar-refractivity contribution in [2.75, 3.05) is 12.8 Å². The van der Waals surface area contributed by atoms with E-state index in [0.717, 1.165) is 3.57 Å². The molecule has 0 heterocycles. The fraction of sp³-hybridized carbons (Fsp3) is 0.0769. The Morgan fingerprint density at radius 2 is 1.80 bits per heavy atom. The fourth-order valence-electron chi connectivity index (χ4n) is 1.52. The van der Waals surface area contributed by atoms with Crippen molar-refractivity contribution in [3.63, 3.8) is 0 Å². The molecule has 2 aromatic carbocycles. The van der Waals surface area contributed by atoms with Gasteiger partial charge in [-0.2, -0.15) is 0 Å². The van der Waals surface area contributed by atoms with E-state index >= 15 is 0 Å². The van der Waals surface area contributed by atoms with Gasteiger partial charge in [-0.25, -0.2) is 13.1 Å². The third kappa shape index (κ3) is 3.41. The van der Waals surface area contributed by atoms with E-state index in [-0.39, 0.29) is 4.90 Å². The highest BCUT2D eigenvalue weighted by atomic mass is 127. The van der Waals surface area contributed by atoms with Crippen molar-refractivity contribution in [3.8, 4) is 11.5 Å². The normalized spacial score (nSPS) is 11.3. The molecule has 106 valence electrons. The number of nitrogen functional groups attached to an aromatic ring is 1. The second-order valence-electron chi connectivity index (χ2n) is 3.96. The summed E-state index contributed by atoms with van der Waals surface area (Å²) in [5.74, 6) is 0.902. The summed E-state index contributed by atoms with van der Waals surface area (Å²) in [4.78, 5) is 0.106. The van der Waals surface area contributed by atoms with Gasteiger partial charge in [0.05, 0.1) is 10.6 Å². The Morgan fingerprint density at radius 1 is 1.15 bits per heavy atom. The molecule has 2 aromatic rings.